The highest BCUT2D eigenvalue weighted by molar-refractivity contribution is 6.34. The Labute approximate surface area is 166 Å². The van der Waals surface area contributed by atoms with Crippen LogP contribution >= 0.6 is 11.6 Å². The van der Waals surface area contributed by atoms with Crippen molar-refractivity contribution in [3.05, 3.63) is 40.7 Å². The fourth-order valence-electron chi connectivity index (χ4n) is 4.30. The Morgan fingerprint density at radius 1 is 1.39 bits per heavy atom. The number of rotatable bonds is 4. The van der Waals surface area contributed by atoms with Crippen LogP contribution in [0.3, 0.4) is 0 Å². The van der Waals surface area contributed by atoms with Gasteiger partial charge in [0, 0.05) is 32.2 Å². The van der Waals surface area contributed by atoms with Gasteiger partial charge in [-0.2, -0.15) is 0 Å². The maximum absolute atomic E-state index is 13.7. The molecule has 2 N–H and O–H groups in total. The van der Waals surface area contributed by atoms with Gasteiger partial charge in [0.1, 0.15) is 0 Å². The predicted octanol–water partition coefficient (Wildman–Crippen LogP) is 4.11. The average molecular weight is 413 g/mol. The van der Waals surface area contributed by atoms with Gasteiger partial charge in [0.25, 0.3) is 11.8 Å². The van der Waals surface area contributed by atoms with E-state index >= 15 is 0 Å². The molecule has 2 aromatic rings. The lowest BCUT2D eigenvalue weighted by Gasteiger charge is -2.36. The summed E-state index contributed by atoms with van der Waals surface area (Å²) in [6.45, 7) is 0.444. The van der Waals surface area contributed by atoms with Crippen LogP contribution in [-0.2, 0) is 4.74 Å². The number of hydrogen-bond donors (Lipinski definition) is 2. The third-order valence-electron chi connectivity index (χ3n) is 5.62. The number of halogens is 3. The maximum Gasteiger partial charge on any atom is 0.253 e. The third kappa shape index (κ3) is 3.75. The lowest BCUT2D eigenvalue weighted by molar-refractivity contribution is -0.121. The number of hydrogen-bond acceptors (Lipinski definition) is 3. The highest BCUT2D eigenvalue weighted by atomic mass is 35.5. The number of aliphatic hydroxyl groups is 1. The van der Waals surface area contributed by atoms with Crippen LogP contribution in [-0.4, -0.2) is 40.1 Å². The number of aromatic nitrogens is 1. The summed E-state index contributed by atoms with van der Waals surface area (Å²) in [6, 6.07) is 5.23. The number of nitrogens with one attached hydrogen (secondary N) is 1. The maximum atomic E-state index is 13.7. The zero-order valence-electron chi connectivity index (χ0n) is 15.4. The molecule has 1 aliphatic carbocycles. The lowest BCUT2D eigenvalue weighted by Crippen LogP contribution is -2.49. The molecule has 2 unspecified atom stereocenters. The molecule has 28 heavy (non-hydrogen) atoms. The van der Waals surface area contributed by atoms with Gasteiger partial charge < -0.3 is 19.6 Å². The first-order valence-electron chi connectivity index (χ1n) is 9.58. The van der Waals surface area contributed by atoms with E-state index in [4.69, 9.17) is 16.3 Å². The summed E-state index contributed by atoms with van der Waals surface area (Å²) >= 11 is 6.35. The lowest BCUT2D eigenvalue weighted by atomic mass is 9.82. The molecule has 2 fully saturated rings. The summed E-state index contributed by atoms with van der Waals surface area (Å²) in [4.78, 5) is 12.9. The first-order chi connectivity index (χ1) is 13.3. The molecule has 1 amide bonds. The van der Waals surface area contributed by atoms with E-state index in [0.29, 0.717) is 22.7 Å². The molecule has 0 spiro atoms. The smallest absolute Gasteiger partial charge is 0.253 e. The number of pyridine rings is 1. The van der Waals surface area contributed by atoms with Gasteiger partial charge in [0.2, 0.25) is 0 Å². The Kier molecular flexibility index (Phi) is 5.10. The monoisotopic (exact) mass is 412 g/mol. The molecule has 3 heterocycles. The normalized spacial score (nSPS) is 27.2. The molecule has 1 saturated heterocycles. The second-order valence-electron chi connectivity index (χ2n) is 7.85. The number of carbonyl (C=O) groups is 1. The van der Waals surface area contributed by atoms with E-state index in [9.17, 15) is 18.7 Å². The number of nitrogens with zero attached hydrogens (tertiary/aromatic N) is 1. The molecule has 0 aromatic carbocycles. The van der Waals surface area contributed by atoms with Gasteiger partial charge in [-0.1, -0.05) is 11.6 Å². The van der Waals surface area contributed by atoms with E-state index in [2.05, 4.69) is 5.32 Å². The highest BCUT2D eigenvalue weighted by Gasteiger charge is 2.44. The van der Waals surface area contributed by atoms with Crippen molar-refractivity contribution in [3.8, 4) is 0 Å². The van der Waals surface area contributed by atoms with Gasteiger partial charge in [-0.15, -0.1) is 0 Å². The largest absolute Gasteiger partial charge is 0.388 e. The van der Waals surface area contributed by atoms with Crippen LogP contribution < -0.4 is 5.32 Å². The van der Waals surface area contributed by atoms with E-state index in [0.717, 1.165) is 18.5 Å². The van der Waals surface area contributed by atoms with Crippen LogP contribution in [0.25, 0.3) is 5.52 Å². The van der Waals surface area contributed by atoms with E-state index in [1.54, 1.807) is 18.2 Å². The Hall–Kier alpha value is -1.70. The average Bonchev–Trinajstić information content (AvgIpc) is 3.26. The molecule has 152 valence electrons. The van der Waals surface area contributed by atoms with E-state index < -0.39 is 23.9 Å². The molecule has 1 aliphatic heterocycles. The second-order valence-corrected chi connectivity index (χ2v) is 8.26. The SMILES string of the molecule is O=C(NCC1(O)CCCC(F)(F)C1)c1cc(C2CCCO2)n2cccc(Cl)c12. The van der Waals surface area contributed by atoms with Crippen molar-refractivity contribution in [1.82, 2.24) is 9.72 Å². The quantitative estimate of drug-likeness (QED) is 0.794. The summed E-state index contributed by atoms with van der Waals surface area (Å²) in [5.41, 5.74) is 0.132. The molecule has 1 saturated carbocycles. The Morgan fingerprint density at radius 3 is 2.93 bits per heavy atom. The Morgan fingerprint density at radius 2 is 2.21 bits per heavy atom. The van der Waals surface area contributed by atoms with Crippen LogP contribution in [0.5, 0.6) is 0 Å². The molecule has 2 aliphatic rings. The zero-order chi connectivity index (χ0) is 19.9. The molecule has 2 atom stereocenters. The van der Waals surface area contributed by atoms with Crippen LogP contribution in [0.4, 0.5) is 8.78 Å². The second kappa shape index (κ2) is 7.28. The highest BCUT2D eigenvalue weighted by Crippen LogP contribution is 2.39. The van der Waals surface area contributed by atoms with Gasteiger partial charge in [0.15, 0.2) is 0 Å². The van der Waals surface area contributed by atoms with Gasteiger partial charge in [-0.3, -0.25) is 4.79 Å². The van der Waals surface area contributed by atoms with Gasteiger partial charge in [-0.05, 0) is 43.9 Å². The summed E-state index contributed by atoms with van der Waals surface area (Å²) < 4.78 is 35.0. The molecule has 5 nitrogen and oxygen atoms in total. The molecule has 2 aromatic heterocycles. The first kappa shape index (κ1) is 19.6. The van der Waals surface area contributed by atoms with E-state index in [1.807, 2.05) is 10.6 Å². The molecular formula is C20H23ClF2N2O3. The van der Waals surface area contributed by atoms with Crippen molar-refractivity contribution in [2.45, 2.75) is 56.2 Å². The fourth-order valence-corrected chi connectivity index (χ4v) is 4.56. The molecule has 0 bridgehead atoms. The summed E-state index contributed by atoms with van der Waals surface area (Å²) in [5, 5.41) is 13.6. The number of alkyl halides is 2. The minimum absolute atomic E-state index is 0.117. The molecular weight excluding hydrogens is 390 g/mol. The topological polar surface area (TPSA) is 63.0 Å². The molecule has 4 rings (SSSR count). The molecule has 8 heteroatoms. The van der Waals surface area contributed by atoms with Crippen molar-refractivity contribution >= 4 is 23.0 Å². The van der Waals surface area contributed by atoms with E-state index in [1.165, 1.54) is 0 Å². The van der Waals surface area contributed by atoms with Crippen LogP contribution in [0.2, 0.25) is 5.02 Å². The number of carbonyl (C=O) groups excluding carboxylic acids is 1. The summed E-state index contributed by atoms with van der Waals surface area (Å²) in [7, 11) is 0. The van der Waals surface area contributed by atoms with Crippen LogP contribution in [0.1, 0.15) is 60.7 Å². The van der Waals surface area contributed by atoms with Crippen molar-refractivity contribution in [1.29, 1.82) is 0 Å². The Bertz CT molecular complexity index is 895. The van der Waals surface area contributed by atoms with Gasteiger partial charge >= 0.3 is 0 Å². The fraction of sp³-hybridized carbons (Fsp3) is 0.550. The standard InChI is InChI=1S/C20H23ClF2N2O3/c21-14-4-1-8-25-15(16-5-2-9-28-16)10-13(17(14)25)18(26)24-12-19(27)6-3-7-20(22,23)11-19/h1,4,8,10,16,27H,2-3,5-7,9,11-12H2,(H,24,26). The minimum atomic E-state index is -2.91. The van der Waals surface area contributed by atoms with Gasteiger partial charge in [-0.25, -0.2) is 8.78 Å². The van der Waals surface area contributed by atoms with Crippen molar-refractivity contribution in [2.24, 2.45) is 0 Å². The number of amides is 1. The zero-order valence-corrected chi connectivity index (χ0v) is 16.1. The third-order valence-corrected chi connectivity index (χ3v) is 5.93. The first-order valence-corrected chi connectivity index (χ1v) is 9.95. The number of fused-ring (bicyclic) bond motifs is 1. The van der Waals surface area contributed by atoms with Crippen LogP contribution in [0, 0.1) is 0 Å². The van der Waals surface area contributed by atoms with Crippen LogP contribution in [0.15, 0.2) is 24.4 Å². The van der Waals surface area contributed by atoms with Gasteiger partial charge in [0.05, 0.1) is 33.5 Å². The predicted molar refractivity (Wildman–Crippen MR) is 101 cm³/mol. The summed E-state index contributed by atoms with van der Waals surface area (Å²) in [5.74, 6) is -3.35. The van der Waals surface area contributed by atoms with Crippen molar-refractivity contribution < 1.29 is 23.4 Å². The summed E-state index contributed by atoms with van der Waals surface area (Å²) in [6.07, 6.45) is 3.10. The van der Waals surface area contributed by atoms with Crippen molar-refractivity contribution in [3.63, 3.8) is 0 Å². The minimum Gasteiger partial charge on any atom is -0.388 e. The molecule has 0 radical (unpaired) electrons. The Balaban J connectivity index is 1.59. The van der Waals surface area contributed by atoms with E-state index in [-0.39, 0.29) is 31.9 Å². The number of ether oxygens (including phenoxy) is 1. The van der Waals surface area contributed by atoms with Crippen molar-refractivity contribution in [2.75, 3.05) is 13.2 Å².